The molecule has 0 aliphatic rings. The smallest absolute Gasteiger partial charge is 0.243 e. The van der Waals surface area contributed by atoms with Crippen LogP contribution in [0.15, 0.2) is 67.5 Å². The van der Waals surface area contributed by atoms with Gasteiger partial charge in [-0.2, -0.15) is 10.2 Å². The second kappa shape index (κ2) is 8.27. The van der Waals surface area contributed by atoms with Crippen molar-refractivity contribution in [2.45, 2.75) is 6.54 Å². The molecule has 0 aliphatic carbocycles. The first-order valence-electron chi connectivity index (χ1n) is 10.3. The van der Waals surface area contributed by atoms with E-state index in [1.54, 1.807) is 43.4 Å². The molecule has 164 valence electrons. The van der Waals surface area contributed by atoms with Gasteiger partial charge >= 0.3 is 0 Å². The second-order valence-electron chi connectivity index (χ2n) is 7.87. The van der Waals surface area contributed by atoms with Crippen molar-refractivity contribution >= 4 is 16.7 Å². The van der Waals surface area contributed by atoms with E-state index in [-0.39, 0.29) is 12.5 Å². The molecule has 0 radical (unpaired) electrons. The van der Waals surface area contributed by atoms with Crippen molar-refractivity contribution in [1.29, 1.82) is 0 Å². The number of aromatic amines is 1. The van der Waals surface area contributed by atoms with E-state index in [1.165, 1.54) is 17.3 Å². The zero-order chi connectivity index (χ0) is 22.9. The molecule has 1 N–H and O–H groups in total. The van der Waals surface area contributed by atoms with Gasteiger partial charge in [0.1, 0.15) is 18.7 Å². The Balaban J connectivity index is 1.48. The number of amides is 1. The summed E-state index contributed by atoms with van der Waals surface area (Å²) in [6.07, 6.45) is 8.35. The van der Waals surface area contributed by atoms with Gasteiger partial charge in [0.2, 0.25) is 5.91 Å². The van der Waals surface area contributed by atoms with E-state index in [2.05, 4.69) is 25.3 Å². The normalized spacial score (nSPS) is 11.1. The third-order valence-electron chi connectivity index (χ3n) is 5.48. The van der Waals surface area contributed by atoms with Crippen molar-refractivity contribution < 1.29 is 9.18 Å². The minimum atomic E-state index is -0.390. The Hall–Kier alpha value is -4.40. The summed E-state index contributed by atoms with van der Waals surface area (Å²) >= 11 is 0. The van der Waals surface area contributed by atoms with Gasteiger partial charge in [-0.05, 0) is 28.6 Å². The number of halogens is 1. The Kier molecular flexibility index (Phi) is 5.14. The molecule has 0 aliphatic heterocycles. The highest BCUT2D eigenvalue weighted by molar-refractivity contribution is 5.98. The molecule has 0 saturated carbocycles. The fourth-order valence-corrected chi connectivity index (χ4v) is 3.66. The van der Waals surface area contributed by atoms with Gasteiger partial charge in [0.25, 0.3) is 0 Å². The van der Waals surface area contributed by atoms with Gasteiger partial charge in [-0.1, -0.05) is 24.3 Å². The van der Waals surface area contributed by atoms with Gasteiger partial charge in [0.15, 0.2) is 5.82 Å². The van der Waals surface area contributed by atoms with Crippen LogP contribution in [-0.4, -0.2) is 54.8 Å². The van der Waals surface area contributed by atoms with Crippen LogP contribution in [0.3, 0.4) is 0 Å². The van der Waals surface area contributed by atoms with Crippen LogP contribution in [0.2, 0.25) is 0 Å². The lowest BCUT2D eigenvalue weighted by molar-refractivity contribution is -0.129. The van der Waals surface area contributed by atoms with Crippen molar-refractivity contribution in [3.63, 3.8) is 0 Å². The van der Waals surface area contributed by atoms with E-state index in [4.69, 9.17) is 0 Å². The summed E-state index contributed by atoms with van der Waals surface area (Å²) in [5, 5.41) is 12.4. The summed E-state index contributed by atoms with van der Waals surface area (Å²) in [5.41, 5.74) is 4.07. The highest BCUT2D eigenvalue weighted by Crippen LogP contribution is 2.33. The van der Waals surface area contributed by atoms with Crippen LogP contribution in [0.4, 0.5) is 4.39 Å². The number of benzene rings is 2. The first-order chi connectivity index (χ1) is 16.0. The molecule has 33 heavy (non-hydrogen) atoms. The minimum Gasteiger partial charge on any atom is -0.347 e. The molecule has 0 saturated heterocycles. The number of H-pyrrole nitrogens is 1. The molecule has 9 heteroatoms. The van der Waals surface area contributed by atoms with Gasteiger partial charge in [-0.25, -0.2) is 9.37 Å². The number of likely N-dealkylation sites (N-methyl/N-ethyl adjacent to an activating group) is 1. The van der Waals surface area contributed by atoms with Crippen molar-refractivity contribution in [3.05, 3.63) is 73.3 Å². The topological polar surface area (TPSA) is 92.6 Å². The Bertz CT molecular complexity index is 1440. The second-order valence-corrected chi connectivity index (χ2v) is 7.87. The molecule has 0 atom stereocenters. The van der Waals surface area contributed by atoms with Crippen LogP contribution in [-0.2, 0) is 11.3 Å². The number of pyridine rings is 1. The molecule has 3 aromatic heterocycles. The Morgan fingerprint density at radius 3 is 2.55 bits per heavy atom. The van der Waals surface area contributed by atoms with Crippen LogP contribution in [0.5, 0.6) is 0 Å². The zero-order valence-electron chi connectivity index (χ0n) is 18.0. The van der Waals surface area contributed by atoms with E-state index >= 15 is 0 Å². The molecular weight excluding hydrogens is 421 g/mol. The molecule has 2 aromatic carbocycles. The quantitative estimate of drug-likeness (QED) is 0.448. The maximum atomic E-state index is 14.6. The Labute approximate surface area is 188 Å². The number of hydrogen-bond acceptors (Lipinski definition) is 5. The molecule has 0 spiro atoms. The summed E-state index contributed by atoms with van der Waals surface area (Å²) in [6.45, 7) is 0.191. The Morgan fingerprint density at radius 1 is 1.03 bits per heavy atom. The molecule has 5 rings (SSSR count). The summed E-state index contributed by atoms with van der Waals surface area (Å²) in [7, 11) is 3.44. The largest absolute Gasteiger partial charge is 0.347 e. The van der Waals surface area contributed by atoms with E-state index in [0.29, 0.717) is 16.8 Å². The lowest BCUT2D eigenvalue weighted by Gasteiger charge is -2.10. The fraction of sp³-hybridized carbons (Fsp3) is 0.125. The van der Waals surface area contributed by atoms with Crippen molar-refractivity contribution in [1.82, 2.24) is 34.8 Å². The predicted octanol–water partition coefficient (Wildman–Crippen LogP) is 3.78. The first kappa shape index (κ1) is 20.5. The van der Waals surface area contributed by atoms with E-state index in [0.717, 1.165) is 27.6 Å². The third-order valence-corrected chi connectivity index (χ3v) is 5.48. The molecule has 5 aromatic rings. The minimum absolute atomic E-state index is 0.0235. The van der Waals surface area contributed by atoms with Gasteiger partial charge in [0.05, 0.1) is 11.8 Å². The highest BCUT2D eigenvalue weighted by Gasteiger charge is 2.14. The number of nitrogens with one attached hydrogen (secondary N) is 1. The summed E-state index contributed by atoms with van der Waals surface area (Å²) in [4.78, 5) is 21.8. The first-order valence-corrected chi connectivity index (χ1v) is 10.3. The molecule has 0 fully saturated rings. The molecule has 3 heterocycles. The fourth-order valence-electron chi connectivity index (χ4n) is 3.66. The zero-order valence-corrected chi connectivity index (χ0v) is 18.0. The van der Waals surface area contributed by atoms with Crippen molar-refractivity contribution in [2.75, 3.05) is 14.1 Å². The highest BCUT2D eigenvalue weighted by atomic mass is 19.1. The van der Waals surface area contributed by atoms with Gasteiger partial charge in [0, 0.05) is 49.2 Å². The predicted molar refractivity (Wildman–Crippen MR) is 122 cm³/mol. The number of hydrogen-bond donors (Lipinski definition) is 1. The van der Waals surface area contributed by atoms with E-state index in [9.17, 15) is 9.18 Å². The van der Waals surface area contributed by atoms with Crippen molar-refractivity contribution in [2.24, 2.45) is 0 Å². The number of aromatic nitrogens is 6. The average molecular weight is 441 g/mol. The summed E-state index contributed by atoms with van der Waals surface area (Å²) in [6, 6.07) is 11.2. The number of fused-ring (bicyclic) bond motifs is 1. The number of carbonyl (C=O) groups is 1. The standard InChI is InChI=1S/C24H20FN7O/c1-31(2)23(33)13-32-12-18(10-29-32)15-3-5-16(6-4-15)21-11-26-9-17-7-22(25)20(8-19(17)21)24-27-14-28-30-24/h3-12,14H,13H2,1-2H3,(H,27,28,30). The van der Waals surface area contributed by atoms with Crippen LogP contribution in [0.1, 0.15) is 0 Å². The van der Waals surface area contributed by atoms with Crippen LogP contribution in [0, 0.1) is 5.82 Å². The van der Waals surface area contributed by atoms with Gasteiger partial charge in [-0.15, -0.1) is 0 Å². The molecular formula is C24H20FN7O. The molecule has 1 amide bonds. The van der Waals surface area contributed by atoms with Gasteiger partial charge in [-0.3, -0.25) is 19.6 Å². The number of rotatable bonds is 5. The van der Waals surface area contributed by atoms with E-state index < -0.39 is 5.82 Å². The number of nitrogens with zero attached hydrogens (tertiary/aromatic N) is 6. The monoisotopic (exact) mass is 441 g/mol. The van der Waals surface area contributed by atoms with Crippen molar-refractivity contribution in [3.8, 4) is 33.6 Å². The van der Waals surface area contributed by atoms with E-state index in [1.807, 2.05) is 30.5 Å². The van der Waals surface area contributed by atoms with Gasteiger partial charge < -0.3 is 4.90 Å². The number of carbonyl (C=O) groups excluding carboxylic acids is 1. The third kappa shape index (κ3) is 3.96. The van der Waals surface area contributed by atoms with Crippen LogP contribution < -0.4 is 0 Å². The maximum absolute atomic E-state index is 14.6. The SMILES string of the molecule is CN(C)C(=O)Cn1cc(-c2ccc(-c3cncc4cc(F)c(-c5ncn[nH]5)cc34)cc2)cn1. The Morgan fingerprint density at radius 2 is 1.82 bits per heavy atom. The maximum Gasteiger partial charge on any atom is 0.243 e. The summed E-state index contributed by atoms with van der Waals surface area (Å²) in [5.74, 6) is -0.0415. The lowest BCUT2D eigenvalue weighted by atomic mass is 9.97. The molecule has 0 unspecified atom stereocenters. The lowest BCUT2D eigenvalue weighted by Crippen LogP contribution is -2.26. The average Bonchev–Trinajstić information content (AvgIpc) is 3.51. The summed E-state index contributed by atoms with van der Waals surface area (Å²) < 4.78 is 16.3. The van der Waals surface area contributed by atoms with Crippen LogP contribution in [0.25, 0.3) is 44.4 Å². The molecule has 8 nitrogen and oxygen atoms in total. The molecule has 0 bridgehead atoms. The van der Waals surface area contributed by atoms with Crippen LogP contribution >= 0.6 is 0 Å².